The van der Waals surface area contributed by atoms with Crippen LogP contribution in [0.4, 0.5) is 4.39 Å². The fraction of sp³-hybridized carbons (Fsp3) is 0. The molecule has 1 aromatic carbocycles. The molecule has 0 aliphatic carbocycles. The third-order valence-corrected chi connectivity index (χ3v) is 3.00. The molecule has 4 nitrogen and oxygen atoms in total. The first-order valence-corrected chi connectivity index (χ1v) is 6.48. The topological polar surface area (TPSA) is 47.9 Å². The minimum absolute atomic E-state index is 0.252. The van der Waals surface area contributed by atoms with Crippen molar-refractivity contribution in [2.24, 2.45) is 0 Å². The summed E-state index contributed by atoms with van der Waals surface area (Å²) in [4.78, 5) is 3.91. The monoisotopic (exact) mass is 301 g/mol. The molecule has 0 saturated carbocycles. The highest BCUT2D eigenvalue weighted by atomic mass is 35.5. The fourth-order valence-corrected chi connectivity index (χ4v) is 1.87. The maximum atomic E-state index is 12.9. The molecule has 0 atom stereocenters. The number of hydrogen-bond acceptors (Lipinski definition) is 4. The Balaban J connectivity index is 1.81. The lowest BCUT2D eigenvalue weighted by atomic mass is 10.1. The molecule has 6 heteroatoms. The number of nitrogens with zero attached hydrogens (tertiary/aromatic N) is 3. The zero-order valence-corrected chi connectivity index (χ0v) is 11.5. The van der Waals surface area contributed by atoms with Gasteiger partial charge < -0.3 is 4.74 Å². The summed E-state index contributed by atoms with van der Waals surface area (Å²) in [5.74, 6) is 0.414. The molecule has 0 saturated heterocycles. The second-order valence-corrected chi connectivity index (χ2v) is 4.52. The Kier molecular flexibility index (Phi) is 3.75. The van der Waals surface area contributed by atoms with Gasteiger partial charge in [0.05, 0.1) is 5.69 Å². The van der Waals surface area contributed by atoms with Gasteiger partial charge in [-0.25, -0.2) is 9.37 Å². The molecule has 0 spiro atoms. The largest absolute Gasteiger partial charge is 0.434 e. The molecule has 0 amide bonds. The summed E-state index contributed by atoms with van der Waals surface area (Å²) in [5.41, 5.74) is 1.40. The summed E-state index contributed by atoms with van der Waals surface area (Å²) in [6.45, 7) is 0. The Hall–Kier alpha value is -2.53. The predicted octanol–water partition coefficient (Wildman–Crippen LogP) is 4.12. The van der Waals surface area contributed by atoms with Crippen molar-refractivity contribution < 1.29 is 9.13 Å². The fourth-order valence-electron chi connectivity index (χ4n) is 1.71. The van der Waals surface area contributed by atoms with Gasteiger partial charge in [-0.3, -0.25) is 0 Å². The van der Waals surface area contributed by atoms with Gasteiger partial charge in [0.1, 0.15) is 5.82 Å². The van der Waals surface area contributed by atoms with Crippen LogP contribution in [0.3, 0.4) is 0 Å². The first kappa shape index (κ1) is 13.5. The second kappa shape index (κ2) is 5.85. The van der Waals surface area contributed by atoms with E-state index in [0.717, 1.165) is 5.56 Å². The van der Waals surface area contributed by atoms with Gasteiger partial charge in [-0.2, -0.15) is 0 Å². The summed E-state index contributed by atoms with van der Waals surface area (Å²) in [6.07, 6.45) is 1.57. The molecular formula is C15H9ClFN3O. The lowest BCUT2D eigenvalue weighted by Gasteiger charge is -2.05. The average Bonchev–Trinajstić information content (AvgIpc) is 2.51. The van der Waals surface area contributed by atoms with Crippen molar-refractivity contribution in [3.05, 3.63) is 65.7 Å². The highest BCUT2D eigenvalue weighted by Crippen LogP contribution is 2.26. The maximum Gasteiger partial charge on any atom is 0.239 e. The van der Waals surface area contributed by atoms with E-state index in [9.17, 15) is 4.39 Å². The lowest BCUT2D eigenvalue weighted by Crippen LogP contribution is -1.93. The summed E-state index contributed by atoms with van der Waals surface area (Å²) >= 11 is 5.90. The van der Waals surface area contributed by atoms with Crippen LogP contribution in [0.25, 0.3) is 11.3 Å². The van der Waals surface area contributed by atoms with Crippen LogP contribution in [0.2, 0.25) is 5.15 Å². The first-order chi connectivity index (χ1) is 10.2. The third-order valence-electron chi connectivity index (χ3n) is 2.72. The van der Waals surface area contributed by atoms with Crippen molar-refractivity contribution in [1.29, 1.82) is 0 Å². The molecule has 3 aromatic rings. The molecule has 2 aromatic heterocycles. The van der Waals surface area contributed by atoms with E-state index in [4.69, 9.17) is 16.3 Å². The van der Waals surface area contributed by atoms with Crippen LogP contribution >= 0.6 is 11.6 Å². The van der Waals surface area contributed by atoms with Gasteiger partial charge in [0.15, 0.2) is 10.9 Å². The number of aromatic nitrogens is 3. The average molecular weight is 302 g/mol. The van der Waals surface area contributed by atoms with Gasteiger partial charge in [-0.15, -0.1) is 10.2 Å². The molecule has 0 radical (unpaired) electrons. The van der Waals surface area contributed by atoms with Crippen molar-refractivity contribution in [1.82, 2.24) is 15.2 Å². The van der Waals surface area contributed by atoms with Crippen LogP contribution in [-0.4, -0.2) is 15.2 Å². The van der Waals surface area contributed by atoms with E-state index in [1.165, 1.54) is 12.1 Å². The van der Waals surface area contributed by atoms with E-state index in [-0.39, 0.29) is 11.0 Å². The van der Waals surface area contributed by atoms with Crippen LogP contribution in [0.15, 0.2) is 54.7 Å². The van der Waals surface area contributed by atoms with E-state index in [2.05, 4.69) is 15.2 Å². The number of hydrogen-bond donors (Lipinski definition) is 0. The van der Waals surface area contributed by atoms with Crippen LogP contribution in [-0.2, 0) is 0 Å². The zero-order valence-electron chi connectivity index (χ0n) is 10.7. The van der Waals surface area contributed by atoms with E-state index in [1.54, 1.807) is 42.6 Å². The molecule has 0 bridgehead atoms. The molecule has 0 aliphatic rings. The maximum absolute atomic E-state index is 12.9. The second-order valence-electron chi connectivity index (χ2n) is 4.16. The molecule has 3 rings (SSSR count). The van der Waals surface area contributed by atoms with Gasteiger partial charge in [0.2, 0.25) is 5.88 Å². The quantitative estimate of drug-likeness (QED) is 0.683. The van der Waals surface area contributed by atoms with Crippen molar-refractivity contribution in [2.45, 2.75) is 0 Å². The summed E-state index contributed by atoms with van der Waals surface area (Å²) < 4.78 is 18.4. The predicted molar refractivity (Wildman–Crippen MR) is 76.7 cm³/mol. The molecule has 2 heterocycles. The highest BCUT2D eigenvalue weighted by Gasteiger charge is 2.06. The lowest BCUT2D eigenvalue weighted by molar-refractivity contribution is 0.454. The van der Waals surface area contributed by atoms with E-state index >= 15 is 0 Å². The standard InChI is InChI=1S/C15H9ClFN3O/c16-15-13(2-1-9-18-15)21-14-8-7-12(19-20-14)10-3-5-11(17)6-4-10/h1-9H. The van der Waals surface area contributed by atoms with Gasteiger partial charge in [-0.05, 0) is 42.5 Å². The smallest absolute Gasteiger partial charge is 0.239 e. The molecule has 0 aliphatic heterocycles. The van der Waals surface area contributed by atoms with Crippen molar-refractivity contribution in [3.8, 4) is 22.9 Å². The van der Waals surface area contributed by atoms with Crippen LogP contribution in [0.5, 0.6) is 11.6 Å². The molecule has 0 fully saturated rings. The Morgan fingerprint density at radius 2 is 1.76 bits per heavy atom. The number of pyridine rings is 1. The van der Waals surface area contributed by atoms with Crippen molar-refractivity contribution in [3.63, 3.8) is 0 Å². The SMILES string of the molecule is Fc1ccc(-c2ccc(Oc3cccnc3Cl)nn2)cc1. The third kappa shape index (κ3) is 3.14. The molecule has 0 N–H and O–H groups in total. The van der Waals surface area contributed by atoms with Crippen LogP contribution < -0.4 is 4.74 Å². The Bertz CT molecular complexity index is 748. The molecule has 104 valence electrons. The molecule has 0 unspecified atom stereocenters. The molecular weight excluding hydrogens is 293 g/mol. The Morgan fingerprint density at radius 3 is 2.43 bits per heavy atom. The number of ether oxygens (including phenoxy) is 1. The van der Waals surface area contributed by atoms with Crippen molar-refractivity contribution in [2.75, 3.05) is 0 Å². The Labute approximate surface area is 125 Å². The van der Waals surface area contributed by atoms with E-state index in [1.807, 2.05) is 0 Å². The first-order valence-electron chi connectivity index (χ1n) is 6.10. The van der Waals surface area contributed by atoms with Gasteiger partial charge in [0, 0.05) is 17.8 Å². The van der Waals surface area contributed by atoms with E-state index in [0.29, 0.717) is 17.3 Å². The minimum Gasteiger partial charge on any atom is -0.434 e. The van der Waals surface area contributed by atoms with Crippen LogP contribution in [0, 0.1) is 5.82 Å². The van der Waals surface area contributed by atoms with Gasteiger partial charge in [0.25, 0.3) is 0 Å². The Morgan fingerprint density at radius 1 is 0.952 bits per heavy atom. The summed E-state index contributed by atoms with van der Waals surface area (Å²) in [7, 11) is 0. The van der Waals surface area contributed by atoms with E-state index < -0.39 is 0 Å². The van der Waals surface area contributed by atoms with Crippen LogP contribution in [0.1, 0.15) is 0 Å². The highest BCUT2D eigenvalue weighted by molar-refractivity contribution is 6.30. The van der Waals surface area contributed by atoms with Crippen molar-refractivity contribution >= 4 is 11.6 Å². The molecule has 21 heavy (non-hydrogen) atoms. The zero-order chi connectivity index (χ0) is 14.7. The number of benzene rings is 1. The van der Waals surface area contributed by atoms with Gasteiger partial charge >= 0.3 is 0 Å². The summed E-state index contributed by atoms with van der Waals surface area (Å²) in [5, 5.41) is 8.26. The van der Waals surface area contributed by atoms with Gasteiger partial charge in [-0.1, -0.05) is 11.6 Å². The number of rotatable bonds is 3. The normalized spacial score (nSPS) is 10.4. The summed E-state index contributed by atoms with van der Waals surface area (Å²) in [6, 6.07) is 12.8. The number of halogens is 2. The minimum atomic E-state index is -0.294.